The van der Waals surface area contributed by atoms with Crippen molar-refractivity contribution in [1.82, 2.24) is 20.4 Å². The number of rotatable bonds is 7. The monoisotopic (exact) mass is 340 g/mol. The molecule has 2 aromatic rings. The molecule has 0 spiro atoms. The summed E-state index contributed by atoms with van der Waals surface area (Å²) in [5, 5.41) is 10.6. The lowest BCUT2D eigenvalue weighted by atomic mass is 9.90. The zero-order chi connectivity index (χ0) is 17.6. The molecule has 1 aromatic carbocycles. The van der Waals surface area contributed by atoms with Crippen LogP contribution in [0.2, 0.25) is 0 Å². The second-order valence-electron chi connectivity index (χ2n) is 6.24. The van der Waals surface area contributed by atoms with Gasteiger partial charge in [-0.1, -0.05) is 30.9 Å². The summed E-state index contributed by atoms with van der Waals surface area (Å²) < 4.78 is 7.42. The normalized spacial score (nSPS) is 19.6. The molecule has 6 heteroatoms. The zero-order valence-electron chi connectivity index (χ0n) is 14.4. The minimum Gasteiger partial charge on any atom is -0.489 e. The molecule has 0 unspecified atom stereocenters. The van der Waals surface area contributed by atoms with Gasteiger partial charge in [0.05, 0.1) is 12.1 Å². The summed E-state index contributed by atoms with van der Waals surface area (Å²) in [7, 11) is 1.89. The van der Waals surface area contributed by atoms with E-state index >= 15 is 0 Å². The topological polar surface area (TPSA) is 68.2 Å². The molecule has 1 aliphatic rings. The van der Waals surface area contributed by atoms with Gasteiger partial charge in [0.2, 0.25) is 5.91 Å². The fourth-order valence-electron chi connectivity index (χ4n) is 3.19. The molecule has 132 valence electrons. The van der Waals surface area contributed by atoms with Gasteiger partial charge in [-0.3, -0.25) is 9.48 Å². The second kappa shape index (κ2) is 7.98. The highest BCUT2D eigenvalue weighted by Gasteiger charge is 2.34. The predicted octanol–water partition coefficient (Wildman–Crippen LogP) is 1.60. The van der Waals surface area contributed by atoms with Crippen molar-refractivity contribution < 1.29 is 9.53 Å². The summed E-state index contributed by atoms with van der Waals surface area (Å²) >= 11 is 0. The Kier molecular flexibility index (Phi) is 5.50. The van der Waals surface area contributed by atoms with E-state index in [9.17, 15) is 4.79 Å². The van der Waals surface area contributed by atoms with Crippen molar-refractivity contribution in [3.63, 3.8) is 0 Å². The highest BCUT2D eigenvalue weighted by molar-refractivity contribution is 5.80. The Labute approximate surface area is 147 Å². The maximum absolute atomic E-state index is 12.7. The molecule has 0 bridgehead atoms. The lowest BCUT2D eigenvalue weighted by Crippen LogP contribution is -2.34. The van der Waals surface area contributed by atoms with Crippen LogP contribution >= 0.6 is 0 Å². The van der Waals surface area contributed by atoms with E-state index in [0.29, 0.717) is 19.7 Å². The number of nitrogens with zero attached hydrogens (tertiary/aromatic N) is 2. The molecule has 3 rings (SSSR count). The highest BCUT2D eigenvalue weighted by atomic mass is 16.5. The first kappa shape index (κ1) is 17.2. The molecular weight excluding hydrogens is 316 g/mol. The molecule has 2 atom stereocenters. The molecule has 1 aromatic heterocycles. The number of para-hydroxylation sites is 1. The molecule has 1 amide bonds. The van der Waals surface area contributed by atoms with Crippen LogP contribution in [0.4, 0.5) is 0 Å². The zero-order valence-corrected chi connectivity index (χ0v) is 14.4. The Bertz CT molecular complexity index is 741. The van der Waals surface area contributed by atoms with Crippen LogP contribution in [-0.4, -0.2) is 35.4 Å². The molecule has 0 saturated carbocycles. The summed E-state index contributed by atoms with van der Waals surface area (Å²) in [5.74, 6) is 0.889. The number of amides is 1. The molecule has 1 aliphatic heterocycles. The fourth-order valence-corrected chi connectivity index (χ4v) is 3.19. The molecule has 2 N–H and O–H groups in total. The van der Waals surface area contributed by atoms with E-state index in [1.807, 2.05) is 43.7 Å². The number of hydrogen-bond donors (Lipinski definition) is 2. The number of hydrogen-bond acceptors (Lipinski definition) is 4. The van der Waals surface area contributed by atoms with Gasteiger partial charge in [0, 0.05) is 44.4 Å². The Morgan fingerprint density at radius 1 is 1.48 bits per heavy atom. The average molecular weight is 340 g/mol. The first-order valence-corrected chi connectivity index (χ1v) is 8.47. The van der Waals surface area contributed by atoms with E-state index in [0.717, 1.165) is 23.4 Å². The Balaban J connectivity index is 1.63. The SMILES string of the molecule is C=CCOc1ccccc1CNC(=O)[C@H]1CNC[C@@H]1c1cnn(C)c1. The molecule has 2 heterocycles. The van der Waals surface area contributed by atoms with Gasteiger partial charge >= 0.3 is 0 Å². The van der Waals surface area contributed by atoms with Crippen LogP contribution in [0.25, 0.3) is 0 Å². The van der Waals surface area contributed by atoms with Gasteiger partial charge in [0.1, 0.15) is 12.4 Å². The third-order valence-electron chi connectivity index (χ3n) is 4.49. The molecule has 6 nitrogen and oxygen atoms in total. The van der Waals surface area contributed by atoms with Crippen LogP contribution in [0.5, 0.6) is 5.75 Å². The number of nitrogens with one attached hydrogen (secondary N) is 2. The third-order valence-corrected chi connectivity index (χ3v) is 4.49. The van der Waals surface area contributed by atoms with Crippen molar-refractivity contribution >= 4 is 5.91 Å². The number of carbonyl (C=O) groups excluding carboxylic acids is 1. The van der Waals surface area contributed by atoms with Crippen molar-refractivity contribution in [3.05, 3.63) is 60.4 Å². The van der Waals surface area contributed by atoms with Crippen LogP contribution in [0.1, 0.15) is 17.0 Å². The van der Waals surface area contributed by atoms with Crippen molar-refractivity contribution in [3.8, 4) is 5.75 Å². The van der Waals surface area contributed by atoms with Gasteiger partial charge in [-0.15, -0.1) is 0 Å². The fraction of sp³-hybridized carbons (Fsp3) is 0.368. The summed E-state index contributed by atoms with van der Waals surface area (Å²) in [6, 6.07) is 7.73. The van der Waals surface area contributed by atoms with E-state index in [2.05, 4.69) is 22.3 Å². The third kappa shape index (κ3) is 4.09. The van der Waals surface area contributed by atoms with Crippen LogP contribution in [0, 0.1) is 5.92 Å². The lowest BCUT2D eigenvalue weighted by molar-refractivity contribution is -0.125. The van der Waals surface area contributed by atoms with E-state index in [4.69, 9.17) is 4.74 Å². The molecule has 1 saturated heterocycles. The summed E-state index contributed by atoms with van der Waals surface area (Å²) in [6.45, 7) is 6.03. The highest BCUT2D eigenvalue weighted by Crippen LogP contribution is 2.28. The quantitative estimate of drug-likeness (QED) is 0.752. The molecule has 25 heavy (non-hydrogen) atoms. The van der Waals surface area contributed by atoms with Crippen molar-refractivity contribution in [2.45, 2.75) is 12.5 Å². The number of ether oxygens (including phenoxy) is 1. The maximum Gasteiger partial charge on any atom is 0.225 e. The minimum atomic E-state index is -0.0922. The van der Waals surface area contributed by atoms with Gasteiger partial charge in [0.25, 0.3) is 0 Å². The molecule has 0 aliphatic carbocycles. The Morgan fingerprint density at radius 3 is 3.08 bits per heavy atom. The van der Waals surface area contributed by atoms with Gasteiger partial charge in [-0.25, -0.2) is 0 Å². The van der Waals surface area contributed by atoms with E-state index in [1.54, 1.807) is 10.8 Å². The largest absolute Gasteiger partial charge is 0.489 e. The van der Waals surface area contributed by atoms with Crippen molar-refractivity contribution in [1.29, 1.82) is 0 Å². The predicted molar refractivity (Wildman–Crippen MR) is 96.3 cm³/mol. The molecular formula is C19H24N4O2. The first-order valence-electron chi connectivity index (χ1n) is 8.47. The van der Waals surface area contributed by atoms with Crippen LogP contribution in [-0.2, 0) is 18.4 Å². The van der Waals surface area contributed by atoms with Crippen LogP contribution in [0.3, 0.4) is 0 Å². The standard InChI is InChI=1S/C19H24N4O2/c1-3-8-25-18-7-5-4-6-14(18)9-21-19(24)17-12-20-11-16(17)15-10-22-23(2)13-15/h3-7,10,13,16-17,20H,1,8-9,11-12H2,2H3,(H,21,24)/t16-,17+/m1/s1. The number of carbonyl (C=O) groups is 1. The first-order chi connectivity index (χ1) is 12.2. The van der Waals surface area contributed by atoms with Crippen LogP contribution < -0.4 is 15.4 Å². The lowest BCUT2D eigenvalue weighted by Gasteiger charge is -2.18. The smallest absolute Gasteiger partial charge is 0.225 e. The Hall–Kier alpha value is -2.60. The Morgan fingerprint density at radius 2 is 2.32 bits per heavy atom. The summed E-state index contributed by atoms with van der Waals surface area (Å²) in [6.07, 6.45) is 5.53. The second-order valence-corrected chi connectivity index (χ2v) is 6.24. The summed E-state index contributed by atoms with van der Waals surface area (Å²) in [5.41, 5.74) is 2.06. The van der Waals surface area contributed by atoms with Crippen molar-refractivity contribution in [2.24, 2.45) is 13.0 Å². The van der Waals surface area contributed by atoms with Gasteiger partial charge in [-0.05, 0) is 11.6 Å². The summed E-state index contributed by atoms with van der Waals surface area (Å²) in [4.78, 5) is 12.7. The number of benzene rings is 1. The van der Waals surface area contributed by atoms with E-state index in [-0.39, 0.29) is 17.7 Å². The van der Waals surface area contributed by atoms with Crippen LogP contribution in [0.15, 0.2) is 49.3 Å². The van der Waals surface area contributed by atoms with E-state index < -0.39 is 0 Å². The number of aryl methyl sites for hydroxylation is 1. The van der Waals surface area contributed by atoms with Crippen molar-refractivity contribution in [2.75, 3.05) is 19.7 Å². The molecule has 1 fully saturated rings. The van der Waals surface area contributed by atoms with Gasteiger partial charge in [-0.2, -0.15) is 5.10 Å². The number of aromatic nitrogens is 2. The maximum atomic E-state index is 12.7. The van der Waals surface area contributed by atoms with Gasteiger partial charge in [0.15, 0.2) is 0 Å². The average Bonchev–Trinajstić information content (AvgIpc) is 3.27. The van der Waals surface area contributed by atoms with E-state index in [1.165, 1.54) is 0 Å². The van der Waals surface area contributed by atoms with Gasteiger partial charge < -0.3 is 15.4 Å². The minimum absolute atomic E-state index is 0.0531. The molecule has 0 radical (unpaired) electrons.